The lowest BCUT2D eigenvalue weighted by Crippen LogP contribution is -2.44. The molecule has 1 aliphatic heterocycles. The minimum Gasteiger partial charge on any atom is -0.469 e. The Balaban J connectivity index is 1.59. The molecule has 1 fully saturated rings. The molecule has 0 saturated carbocycles. The van der Waals surface area contributed by atoms with E-state index in [4.69, 9.17) is 9.15 Å². The molecule has 3 rings (SSSR count). The molecule has 0 radical (unpaired) electrons. The fourth-order valence-electron chi connectivity index (χ4n) is 3.49. The van der Waals surface area contributed by atoms with Gasteiger partial charge in [-0.2, -0.15) is 0 Å². The third-order valence-corrected chi connectivity index (χ3v) is 4.65. The molecule has 2 aromatic rings. The topological polar surface area (TPSA) is 34.4 Å². The van der Waals surface area contributed by atoms with Gasteiger partial charge >= 0.3 is 0 Å². The second kappa shape index (κ2) is 7.33. The summed E-state index contributed by atoms with van der Waals surface area (Å²) < 4.78 is 11.5. The first-order valence-corrected chi connectivity index (χ1v) is 8.60. The molecule has 0 spiro atoms. The van der Waals surface area contributed by atoms with Crippen LogP contribution in [-0.2, 0) is 4.74 Å². The van der Waals surface area contributed by atoms with Gasteiger partial charge in [-0.15, -0.1) is 0 Å². The van der Waals surface area contributed by atoms with Crippen molar-refractivity contribution in [2.24, 2.45) is 0 Å². The molecule has 124 valence electrons. The van der Waals surface area contributed by atoms with Gasteiger partial charge in [0.15, 0.2) is 0 Å². The smallest absolute Gasteiger partial charge is 0.111 e. The van der Waals surface area contributed by atoms with Crippen molar-refractivity contribution in [2.75, 3.05) is 13.2 Å². The summed E-state index contributed by atoms with van der Waals surface area (Å²) in [6.07, 6.45) is 4.97. The Labute approximate surface area is 139 Å². The Morgan fingerprint density at radius 1 is 1.17 bits per heavy atom. The van der Waals surface area contributed by atoms with Gasteiger partial charge < -0.3 is 14.5 Å². The molecular formula is C20H27NO2. The van der Waals surface area contributed by atoms with Crippen LogP contribution in [0, 0.1) is 0 Å². The van der Waals surface area contributed by atoms with Crippen LogP contribution in [0.4, 0.5) is 0 Å². The molecule has 1 aromatic heterocycles. The van der Waals surface area contributed by atoms with Crippen molar-refractivity contribution in [3.8, 4) is 0 Å². The maximum absolute atomic E-state index is 5.80. The zero-order chi connectivity index (χ0) is 16.1. The molecule has 1 aromatic carbocycles. The van der Waals surface area contributed by atoms with E-state index in [2.05, 4.69) is 55.6 Å². The van der Waals surface area contributed by atoms with Crippen LogP contribution in [0.5, 0.6) is 0 Å². The summed E-state index contributed by atoms with van der Waals surface area (Å²) in [7, 11) is 0. The Kier molecular flexibility index (Phi) is 5.19. The Hall–Kier alpha value is -1.58. The van der Waals surface area contributed by atoms with Crippen LogP contribution in [0.1, 0.15) is 50.4 Å². The van der Waals surface area contributed by atoms with Gasteiger partial charge in [-0.05, 0) is 57.4 Å². The summed E-state index contributed by atoms with van der Waals surface area (Å²) in [6.45, 7) is 6.19. The van der Waals surface area contributed by atoms with E-state index in [0.717, 1.165) is 38.2 Å². The van der Waals surface area contributed by atoms with E-state index in [1.807, 2.05) is 6.07 Å². The van der Waals surface area contributed by atoms with E-state index in [0.29, 0.717) is 12.0 Å². The minimum absolute atomic E-state index is 0.00421. The van der Waals surface area contributed by atoms with Gasteiger partial charge in [0.1, 0.15) is 5.76 Å². The van der Waals surface area contributed by atoms with Crippen LogP contribution in [0.15, 0.2) is 53.1 Å². The van der Waals surface area contributed by atoms with E-state index < -0.39 is 0 Å². The van der Waals surface area contributed by atoms with Gasteiger partial charge in [0.2, 0.25) is 0 Å². The first kappa shape index (κ1) is 16.3. The average molecular weight is 313 g/mol. The molecule has 1 aliphatic rings. The second-order valence-corrected chi connectivity index (χ2v) is 7.02. The molecule has 0 bridgehead atoms. The predicted octanol–water partition coefficient (Wildman–Crippen LogP) is 4.35. The summed E-state index contributed by atoms with van der Waals surface area (Å²) >= 11 is 0. The number of hydrogen-bond acceptors (Lipinski definition) is 3. The average Bonchev–Trinajstić information content (AvgIpc) is 3.05. The van der Waals surface area contributed by atoms with Crippen LogP contribution in [0.25, 0.3) is 0 Å². The highest BCUT2D eigenvalue weighted by Gasteiger charge is 2.28. The predicted molar refractivity (Wildman–Crippen MR) is 92.7 cm³/mol. The first-order valence-electron chi connectivity index (χ1n) is 8.60. The van der Waals surface area contributed by atoms with Crippen molar-refractivity contribution in [1.29, 1.82) is 0 Å². The van der Waals surface area contributed by atoms with Crippen LogP contribution in [0.3, 0.4) is 0 Å². The zero-order valence-electron chi connectivity index (χ0n) is 14.1. The molecule has 3 nitrogen and oxygen atoms in total. The highest BCUT2D eigenvalue weighted by molar-refractivity contribution is 5.27. The lowest BCUT2D eigenvalue weighted by atomic mass is 9.91. The summed E-state index contributed by atoms with van der Waals surface area (Å²) in [5.74, 6) is 1.36. The van der Waals surface area contributed by atoms with Crippen LogP contribution < -0.4 is 5.32 Å². The number of furan rings is 1. The fraction of sp³-hybridized carbons (Fsp3) is 0.500. The van der Waals surface area contributed by atoms with E-state index in [1.165, 1.54) is 5.56 Å². The summed E-state index contributed by atoms with van der Waals surface area (Å²) in [6, 6.07) is 15.2. The maximum atomic E-state index is 5.80. The van der Waals surface area contributed by atoms with Gasteiger partial charge in [0, 0.05) is 18.6 Å². The molecule has 23 heavy (non-hydrogen) atoms. The van der Waals surface area contributed by atoms with E-state index in [1.54, 1.807) is 6.26 Å². The van der Waals surface area contributed by atoms with Gasteiger partial charge in [-0.25, -0.2) is 0 Å². The molecule has 3 heteroatoms. The normalized spacial score (nSPS) is 21.9. The van der Waals surface area contributed by atoms with Crippen molar-refractivity contribution in [1.82, 2.24) is 5.32 Å². The summed E-state index contributed by atoms with van der Waals surface area (Å²) in [5, 5.41) is 3.72. The summed E-state index contributed by atoms with van der Waals surface area (Å²) in [5.41, 5.74) is 1.31. The Morgan fingerprint density at radius 2 is 2.00 bits per heavy atom. The van der Waals surface area contributed by atoms with Crippen molar-refractivity contribution in [3.05, 3.63) is 60.1 Å². The third kappa shape index (κ3) is 4.46. The minimum atomic E-state index is -0.00421. The summed E-state index contributed by atoms with van der Waals surface area (Å²) in [4.78, 5) is 0. The molecule has 2 atom stereocenters. The third-order valence-electron chi connectivity index (χ3n) is 4.65. The van der Waals surface area contributed by atoms with Gasteiger partial charge in [0.25, 0.3) is 0 Å². The zero-order valence-corrected chi connectivity index (χ0v) is 14.1. The van der Waals surface area contributed by atoms with Crippen molar-refractivity contribution >= 4 is 0 Å². The van der Waals surface area contributed by atoms with Crippen LogP contribution in [-0.4, -0.2) is 24.8 Å². The van der Waals surface area contributed by atoms with Crippen molar-refractivity contribution in [3.63, 3.8) is 0 Å². The van der Waals surface area contributed by atoms with Crippen LogP contribution in [0.2, 0.25) is 0 Å². The molecule has 0 amide bonds. The van der Waals surface area contributed by atoms with Gasteiger partial charge in [-0.3, -0.25) is 0 Å². The molecule has 2 heterocycles. The highest BCUT2D eigenvalue weighted by atomic mass is 16.5. The molecule has 0 unspecified atom stereocenters. The van der Waals surface area contributed by atoms with Crippen LogP contribution >= 0.6 is 0 Å². The maximum Gasteiger partial charge on any atom is 0.111 e. The molecular weight excluding hydrogens is 286 g/mol. The van der Waals surface area contributed by atoms with Gasteiger partial charge in [0.05, 0.1) is 11.9 Å². The number of benzene rings is 1. The van der Waals surface area contributed by atoms with Gasteiger partial charge in [-0.1, -0.05) is 30.3 Å². The Bertz CT molecular complexity index is 577. The number of nitrogens with one attached hydrogen (secondary N) is 1. The number of rotatable bonds is 6. The first-order chi connectivity index (χ1) is 11.1. The standard InChI is InChI=1S/C20H27NO2/c1-20(2)15-17(11-14-23-20)21-12-10-18(19-9-6-13-22-19)16-7-4-3-5-8-16/h3-9,13,17-18,21H,10-12,14-15H2,1-2H3/t17-,18+/m1/s1. The highest BCUT2D eigenvalue weighted by Crippen LogP contribution is 2.28. The lowest BCUT2D eigenvalue weighted by Gasteiger charge is -2.36. The Morgan fingerprint density at radius 3 is 2.70 bits per heavy atom. The van der Waals surface area contributed by atoms with Crippen molar-refractivity contribution < 1.29 is 9.15 Å². The number of ether oxygens (including phenoxy) is 1. The molecule has 0 aliphatic carbocycles. The monoisotopic (exact) mass is 313 g/mol. The largest absolute Gasteiger partial charge is 0.469 e. The SMILES string of the molecule is CC1(C)C[C@H](NCC[C@@H](c2ccccc2)c2ccco2)CCO1. The fourth-order valence-corrected chi connectivity index (χ4v) is 3.49. The van der Waals surface area contributed by atoms with E-state index in [9.17, 15) is 0 Å². The van der Waals surface area contributed by atoms with Crippen molar-refractivity contribution in [2.45, 2.75) is 50.7 Å². The quantitative estimate of drug-likeness (QED) is 0.861. The van der Waals surface area contributed by atoms with E-state index >= 15 is 0 Å². The lowest BCUT2D eigenvalue weighted by molar-refractivity contribution is -0.0628. The molecule has 1 N–H and O–H groups in total. The number of hydrogen-bond donors (Lipinski definition) is 1. The second-order valence-electron chi connectivity index (χ2n) is 7.02. The molecule has 1 saturated heterocycles. The van der Waals surface area contributed by atoms with E-state index in [-0.39, 0.29) is 5.60 Å².